The summed E-state index contributed by atoms with van der Waals surface area (Å²) < 4.78 is 37.8. The first kappa shape index (κ1) is 22.4. The first-order valence-electron chi connectivity index (χ1n) is 11.0. The lowest BCUT2D eigenvalue weighted by molar-refractivity contribution is -0.137. The molecular formula is C24H15F2N7O4. The van der Waals surface area contributed by atoms with E-state index in [9.17, 15) is 28.7 Å². The van der Waals surface area contributed by atoms with Gasteiger partial charge in [0.1, 0.15) is 24.2 Å². The van der Waals surface area contributed by atoms with Gasteiger partial charge in [0.25, 0.3) is 0 Å². The van der Waals surface area contributed by atoms with Crippen LogP contribution in [0.3, 0.4) is 0 Å². The topological polar surface area (TPSA) is 141 Å². The molecule has 0 spiro atoms. The van der Waals surface area contributed by atoms with E-state index in [1.807, 2.05) is 0 Å². The molecule has 0 bridgehead atoms. The van der Waals surface area contributed by atoms with Gasteiger partial charge in [-0.1, -0.05) is 0 Å². The number of carboxylic acids is 1. The molecule has 6 rings (SSSR count). The number of benzene rings is 2. The van der Waals surface area contributed by atoms with Crippen LogP contribution in [0.1, 0.15) is 23.6 Å². The van der Waals surface area contributed by atoms with Gasteiger partial charge in [0.15, 0.2) is 17.2 Å². The number of hydrogen-bond donors (Lipinski definition) is 1. The van der Waals surface area contributed by atoms with Gasteiger partial charge in [-0.3, -0.25) is 18.5 Å². The number of ether oxygens (including phenoxy) is 1. The van der Waals surface area contributed by atoms with Crippen LogP contribution in [-0.2, 0) is 11.3 Å². The van der Waals surface area contributed by atoms with Crippen LogP contribution in [0.25, 0.3) is 28.1 Å². The van der Waals surface area contributed by atoms with Gasteiger partial charge < -0.3 is 9.84 Å². The Hall–Kier alpha value is -5.12. The van der Waals surface area contributed by atoms with Crippen molar-refractivity contribution in [1.82, 2.24) is 28.7 Å². The number of carboxylic acid groups (broad SMARTS) is 1. The van der Waals surface area contributed by atoms with E-state index in [4.69, 9.17) is 4.74 Å². The SMILES string of the molecule is N#Cc1ccc2ncn(-c3ncc4c(n3)n([C@@H]3CCOc5c(F)cc(F)cc53)c(=O)n4CC(=O)O)c2c1. The molecule has 0 aliphatic carbocycles. The fraction of sp³-hybridized carbons (Fsp3) is 0.167. The van der Waals surface area contributed by atoms with Crippen LogP contribution in [0.5, 0.6) is 5.75 Å². The number of nitriles is 1. The highest BCUT2D eigenvalue weighted by Gasteiger charge is 2.31. The Kier molecular flexibility index (Phi) is 4.97. The molecule has 0 amide bonds. The van der Waals surface area contributed by atoms with Crippen LogP contribution in [0.2, 0.25) is 0 Å². The summed E-state index contributed by atoms with van der Waals surface area (Å²) in [6.45, 7) is -0.628. The average molecular weight is 503 g/mol. The summed E-state index contributed by atoms with van der Waals surface area (Å²) >= 11 is 0. The monoisotopic (exact) mass is 503 g/mol. The fourth-order valence-corrected chi connectivity index (χ4v) is 4.65. The van der Waals surface area contributed by atoms with E-state index in [1.54, 1.807) is 18.2 Å². The van der Waals surface area contributed by atoms with Gasteiger partial charge in [0, 0.05) is 18.1 Å². The number of carbonyl (C=O) groups is 1. The first-order valence-corrected chi connectivity index (χ1v) is 11.0. The molecule has 11 nitrogen and oxygen atoms in total. The summed E-state index contributed by atoms with van der Waals surface area (Å²) in [5.41, 5.74) is 1.08. The van der Waals surface area contributed by atoms with Crippen molar-refractivity contribution in [3.63, 3.8) is 0 Å². The first-order chi connectivity index (χ1) is 17.9. The minimum absolute atomic E-state index is 0.0410. The fourth-order valence-electron chi connectivity index (χ4n) is 4.65. The Balaban J connectivity index is 1.62. The lowest BCUT2D eigenvalue weighted by atomic mass is 10.00. The maximum absolute atomic E-state index is 14.5. The highest BCUT2D eigenvalue weighted by Crippen LogP contribution is 2.38. The van der Waals surface area contributed by atoms with Crippen molar-refractivity contribution in [2.75, 3.05) is 6.61 Å². The van der Waals surface area contributed by atoms with Crippen molar-refractivity contribution in [3.05, 3.63) is 76.1 Å². The predicted molar refractivity (Wildman–Crippen MR) is 123 cm³/mol. The van der Waals surface area contributed by atoms with E-state index in [0.717, 1.165) is 10.6 Å². The molecule has 2 aromatic carbocycles. The molecule has 0 fully saturated rings. The highest BCUT2D eigenvalue weighted by atomic mass is 19.1. The van der Waals surface area contributed by atoms with Crippen LogP contribution in [0.4, 0.5) is 8.78 Å². The van der Waals surface area contributed by atoms with Gasteiger partial charge in [-0.2, -0.15) is 10.2 Å². The van der Waals surface area contributed by atoms with Gasteiger partial charge in [-0.05, 0) is 24.3 Å². The number of nitrogens with zero attached hydrogens (tertiary/aromatic N) is 7. The molecule has 184 valence electrons. The van der Waals surface area contributed by atoms with Crippen LogP contribution in [0.15, 0.2) is 47.7 Å². The second-order valence-electron chi connectivity index (χ2n) is 8.40. The van der Waals surface area contributed by atoms with Gasteiger partial charge >= 0.3 is 11.7 Å². The Morgan fingerprint density at radius 3 is 2.84 bits per heavy atom. The molecular weight excluding hydrogens is 488 g/mol. The Bertz CT molecular complexity index is 1850. The summed E-state index contributed by atoms with van der Waals surface area (Å²) in [5, 5.41) is 18.7. The summed E-state index contributed by atoms with van der Waals surface area (Å²) in [6, 6.07) is 7.85. The molecule has 0 saturated carbocycles. The van der Waals surface area contributed by atoms with Crippen LogP contribution >= 0.6 is 0 Å². The number of aliphatic carboxylic acids is 1. The molecule has 0 saturated heterocycles. The Morgan fingerprint density at radius 1 is 1.22 bits per heavy atom. The summed E-state index contributed by atoms with van der Waals surface area (Å²) in [7, 11) is 0. The van der Waals surface area contributed by atoms with Crippen LogP contribution in [-0.4, -0.2) is 46.3 Å². The number of fused-ring (bicyclic) bond motifs is 3. The third kappa shape index (κ3) is 3.49. The lowest BCUT2D eigenvalue weighted by Crippen LogP contribution is -2.32. The molecule has 0 radical (unpaired) electrons. The Labute approximate surface area is 205 Å². The highest BCUT2D eigenvalue weighted by molar-refractivity contribution is 5.79. The second-order valence-corrected chi connectivity index (χ2v) is 8.40. The van der Waals surface area contributed by atoms with E-state index < -0.39 is 35.9 Å². The molecule has 3 aromatic heterocycles. The third-order valence-electron chi connectivity index (χ3n) is 6.22. The average Bonchev–Trinajstić information content (AvgIpc) is 3.41. The maximum atomic E-state index is 14.5. The third-order valence-corrected chi connectivity index (χ3v) is 6.22. The van der Waals surface area contributed by atoms with Crippen LogP contribution < -0.4 is 10.4 Å². The molecule has 37 heavy (non-hydrogen) atoms. The zero-order valence-electron chi connectivity index (χ0n) is 18.8. The summed E-state index contributed by atoms with van der Waals surface area (Å²) in [5.74, 6) is -3.09. The van der Waals surface area contributed by atoms with Crippen LogP contribution in [0, 0.1) is 23.0 Å². The van der Waals surface area contributed by atoms with Crippen molar-refractivity contribution in [2.24, 2.45) is 0 Å². The van der Waals surface area contributed by atoms with Gasteiger partial charge in [0.2, 0.25) is 5.95 Å². The zero-order chi connectivity index (χ0) is 25.8. The molecule has 4 heterocycles. The minimum atomic E-state index is -1.26. The Morgan fingerprint density at radius 2 is 2.05 bits per heavy atom. The predicted octanol–water partition coefficient (Wildman–Crippen LogP) is 2.54. The van der Waals surface area contributed by atoms with Crippen molar-refractivity contribution < 1.29 is 23.4 Å². The van der Waals surface area contributed by atoms with Crippen molar-refractivity contribution >= 4 is 28.2 Å². The normalized spacial score (nSPS) is 14.9. The number of hydrogen-bond acceptors (Lipinski definition) is 7. The molecule has 13 heteroatoms. The maximum Gasteiger partial charge on any atom is 0.331 e. The molecule has 1 aliphatic rings. The second kappa shape index (κ2) is 8.23. The standard InChI is InChI=1S/C24H15F2N7O4/c25-13-6-14-17(3-4-37-21(14)15(26)7-13)33-22-19(31(24(33)36)10-20(34)35)9-28-23(30-22)32-11-29-16-2-1-12(8-27)5-18(16)32/h1-2,5-7,9,11,17H,3-4,10H2,(H,34,35)/t17-/m1/s1. The van der Waals surface area contributed by atoms with E-state index in [2.05, 4.69) is 21.0 Å². The van der Waals surface area contributed by atoms with E-state index in [0.29, 0.717) is 22.7 Å². The molecule has 1 atom stereocenters. The van der Waals surface area contributed by atoms with Gasteiger partial charge in [-0.15, -0.1) is 0 Å². The van der Waals surface area contributed by atoms with Crippen molar-refractivity contribution in [1.29, 1.82) is 5.26 Å². The summed E-state index contributed by atoms with van der Waals surface area (Å²) in [4.78, 5) is 38.2. The van der Waals surface area contributed by atoms with E-state index >= 15 is 0 Å². The van der Waals surface area contributed by atoms with Crippen molar-refractivity contribution in [2.45, 2.75) is 19.0 Å². The summed E-state index contributed by atoms with van der Waals surface area (Å²) in [6.07, 6.45) is 2.95. The zero-order valence-corrected chi connectivity index (χ0v) is 18.8. The number of rotatable bonds is 4. The minimum Gasteiger partial charge on any atom is -0.490 e. The quantitative estimate of drug-likeness (QED) is 0.395. The smallest absolute Gasteiger partial charge is 0.331 e. The van der Waals surface area contributed by atoms with Gasteiger partial charge in [-0.25, -0.2) is 23.5 Å². The largest absolute Gasteiger partial charge is 0.490 e. The molecule has 1 N–H and O–H groups in total. The van der Waals surface area contributed by atoms with Crippen molar-refractivity contribution in [3.8, 4) is 17.8 Å². The van der Waals surface area contributed by atoms with E-state index in [-0.39, 0.29) is 41.5 Å². The molecule has 1 aliphatic heterocycles. The van der Waals surface area contributed by atoms with Gasteiger partial charge in [0.05, 0.1) is 41.5 Å². The number of halogens is 2. The molecule has 0 unspecified atom stereocenters. The number of aromatic nitrogens is 6. The number of imidazole rings is 2. The lowest BCUT2D eigenvalue weighted by Gasteiger charge is -2.27. The molecule has 5 aromatic rings. The van der Waals surface area contributed by atoms with E-state index in [1.165, 1.54) is 21.7 Å².